The van der Waals surface area contributed by atoms with Gasteiger partial charge in [0.2, 0.25) is 0 Å². The Morgan fingerprint density at radius 3 is 2.52 bits per heavy atom. The Morgan fingerprint density at radius 2 is 1.81 bits per heavy atom. The van der Waals surface area contributed by atoms with E-state index in [9.17, 15) is 4.79 Å². The monoisotopic (exact) mass is 453 g/mol. The Balaban J connectivity index is 1.53. The molecule has 0 radical (unpaired) electrons. The first-order valence-corrected chi connectivity index (χ1v) is 11.0. The second kappa shape index (κ2) is 8.02. The molecule has 4 aromatic rings. The van der Waals surface area contributed by atoms with Crippen LogP contribution < -0.4 is 10.5 Å². The molecule has 31 heavy (non-hydrogen) atoms. The van der Waals surface area contributed by atoms with Crippen LogP contribution in [0, 0.1) is 0 Å². The number of H-pyrrole nitrogens is 1. The topological polar surface area (TPSA) is 65.8 Å². The average Bonchev–Trinajstić information content (AvgIpc) is 3.14. The highest BCUT2D eigenvalue weighted by molar-refractivity contribution is 6.31. The molecule has 0 aliphatic carbocycles. The highest BCUT2D eigenvalue weighted by Gasteiger charge is 2.25. The molecular formula is C23H21Cl2N5O. The largest absolute Gasteiger partial charge is 0.356 e. The summed E-state index contributed by atoms with van der Waals surface area (Å²) in [5.74, 6) is 1.36. The average molecular weight is 454 g/mol. The summed E-state index contributed by atoms with van der Waals surface area (Å²) in [6.07, 6.45) is 3.79. The van der Waals surface area contributed by atoms with Crippen LogP contribution >= 0.6 is 23.2 Å². The van der Waals surface area contributed by atoms with Gasteiger partial charge in [0.05, 0.1) is 16.5 Å². The number of aromatic nitrogens is 3. The van der Waals surface area contributed by atoms with Gasteiger partial charge in [-0.1, -0.05) is 35.3 Å². The number of anilines is 1. The Kier molecular flexibility index (Phi) is 5.20. The first kappa shape index (κ1) is 20.1. The molecular weight excluding hydrogens is 433 g/mol. The van der Waals surface area contributed by atoms with Gasteiger partial charge in [0.1, 0.15) is 5.82 Å². The highest BCUT2D eigenvalue weighted by atomic mass is 35.5. The zero-order chi connectivity index (χ0) is 21.5. The predicted molar refractivity (Wildman–Crippen MR) is 127 cm³/mol. The maximum atomic E-state index is 13.1. The standard InChI is InChI=1S/C23H21Cl2N5O/c1-26-13-19-21-27-20-7-6-17(25)12-18(20)23(31)30(21)28-22(19)29-10-8-15(9-11-29)14-2-4-16(24)5-3-14/h2-7,12-13,15,28H,8-11H2,1H3. The second-order valence-electron chi connectivity index (χ2n) is 7.81. The molecule has 1 fully saturated rings. The molecule has 1 aliphatic heterocycles. The number of aliphatic imine (C=N–C) groups is 1. The van der Waals surface area contributed by atoms with Crippen LogP contribution in [0.25, 0.3) is 16.6 Å². The summed E-state index contributed by atoms with van der Waals surface area (Å²) in [4.78, 5) is 24.3. The van der Waals surface area contributed by atoms with Gasteiger partial charge in [-0.05, 0) is 54.7 Å². The molecule has 0 unspecified atom stereocenters. The molecule has 0 saturated carbocycles. The Morgan fingerprint density at radius 1 is 1.10 bits per heavy atom. The van der Waals surface area contributed by atoms with Crippen molar-refractivity contribution in [3.63, 3.8) is 0 Å². The molecule has 1 N–H and O–H groups in total. The van der Waals surface area contributed by atoms with Crippen molar-refractivity contribution in [3.05, 3.63) is 74.0 Å². The third-order valence-corrected chi connectivity index (χ3v) is 6.44. The van der Waals surface area contributed by atoms with Crippen molar-refractivity contribution >= 4 is 51.8 Å². The van der Waals surface area contributed by atoms with Crippen LogP contribution in [-0.2, 0) is 0 Å². The number of halogens is 2. The van der Waals surface area contributed by atoms with E-state index in [1.165, 1.54) is 10.1 Å². The fraction of sp³-hybridized carbons (Fsp3) is 0.261. The van der Waals surface area contributed by atoms with Gasteiger partial charge in [-0.25, -0.2) is 4.98 Å². The summed E-state index contributed by atoms with van der Waals surface area (Å²) < 4.78 is 1.50. The van der Waals surface area contributed by atoms with E-state index in [0.717, 1.165) is 42.3 Å². The van der Waals surface area contributed by atoms with Gasteiger partial charge < -0.3 is 4.90 Å². The number of nitrogens with zero attached hydrogens (tertiary/aromatic N) is 4. The number of rotatable bonds is 3. The number of fused-ring (bicyclic) bond motifs is 2. The van der Waals surface area contributed by atoms with Gasteiger partial charge in [0, 0.05) is 36.4 Å². The van der Waals surface area contributed by atoms with Gasteiger partial charge in [-0.2, -0.15) is 4.52 Å². The van der Waals surface area contributed by atoms with Gasteiger partial charge in [0.25, 0.3) is 5.56 Å². The van der Waals surface area contributed by atoms with Gasteiger partial charge >= 0.3 is 0 Å². The molecule has 5 rings (SSSR count). The Labute approximate surface area is 189 Å². The zero-order valence-electron chi connectivity index (χ0n) is 17.0. The molecule has 2 aromatic heterocycles. The highest BCUT2D eigenvalue weighted by Crippen LogP contribution is 2.32. The maximum Gasteiger partial charge on any atom is 0.280 e. The van der Waals surface area contributed by atoms with Crippen LogP contribution in [0.5, 0.6) is 0 Å². The molecule has 8 heteroatoms. The van der Waals surface area contributed by atoms with Crippen LogP contribution in [-0.4, -0.2) is 40.9 Å². The number of aromatic amines is 1. The molecule has 0 amide bonds. The Hall–Kier alpha value is -2.83. The van der Waals surface area contributed by atoms with Crippen molar-refractivity contribution < 1.29 is 0 Å². The van der Waals surface area contributed by atoms with Crippen molar-refractivity contribution in [2.24, 2.45) is 4.99 Å². The van der Waals surface area contributed by atoms with E-state index >= 15 is 0 Å². The van der Waals surface area contributed by atoms with Crippen molar-refractivity contribution in [2.45, 2.75) is 18.8 Å². The fourth-order valence-electron chi connectivity index (χ4n) is 4.37. The second-order valence-corrected chi connectivity index (χ2v) is 8.68. The lowest BCUT2D eigenvalue weighted by molar-refractivity contribution is 0.502. The van der Waals surface area contributed by atoms with Crippen LogP contribution in [0.15, 0.2) is 52.3 Å². The van der Waals surface area contributed by atoms with E-state index in [0.29, 0.717) is 27.5 Å². The summed E-state index contributed by atoms with van der Waals surface area (Å²) in [6.45, 7) is 1.73. The molecule has 2 aromatic carbocycles. The van der Waals surface area contributed by atoms with Gasteiger partial charge in [0.15, 0.2) is 5.65 Å². The SMILES string of the molecule is CN=Cc1c(N2CCC(c3ccc(Cl)cc3)CC2)[nH]n2c(=O)c3cc(Cl)ccc3nc12. The first-order chi connectivity index (χ1) is 15.0. The van der Waals surface area contributed by atoms with Crippen LogP contribution in [0.3, 0.4) is 0 Å². The lowest BCUT2D eigenvalue weighted by Gasteiger charge is -2.33. The fourth-order valence-corrected chi connectivity index (χ4v) is 4.67. The predicted octanol–water partition coefficient (Wildman–Crippen LogP) is 4.92. The smallest absolute Gasteiger partial charge is 0.280 e. The van der Waals surface area contributed by atoms with Gasteiger partial charge in [-0.15, -0.1) is 0 Å². The molecule has 3 heterocycles. The van der Waals surface area contributed by atoms with Crippen LogP contribution in [0.1, 0.15) is 29.9 Å². The molecule has 0 bridgehead atoms. The molecule has 158 valence electrons. The van der Waals surface area contributed by atoms with Crippen molar-refractivity contribution in [1.29, 1.82) is 0 Å². The van der Waals surface area contributed by atoms with Crippen LogP contribution in [0.4, 0.5) is 5.82 Å². The van der Waals surface area contributed by atoms with E-state index < -0.39 is 0 Å². The summed E-state index contributed by atoms with van der Waals surface area (Å²) in [6, 6.07) is 13.3. The number of piperidine rings is 1. The minimum absolute atomic E-state index is 0.171. The van der Waals surface area contributed by atoms with E-state index in [-0.39, 0.29) is 5.56 Å². The quantitative estimate of drug-likeness (QED) is 0.447. The number of benzene rings is 2. The minimum atomic E-state index is -0.171. The lowest BCUT2D eigenvalue weighted by Crippen LogP contribution is -2.34. The molecule has 6 nitrogen and oxygen atoms in total. The molecule has 0 spiro atoms. The summed E-state index contributed by atoms with van der Waals surface area (Å²) in [7, 11) is 1.72. The van der Waals surface area contributed by atoms with Crippen LogP contribution in [0.2, 0.25) is 10.0 Å². The maximum absolute atomic E-state index is 13.1. The third-order valence-electron chi connectivity index (χ3n) is 5.95. The molecule has 1 saturated heterocycles. The van der Waals surface area contributed by atoms with E-state index in [2.05, 4.69) is 27.1 Å². The number of nitrogens with one attached hydrogen (secondary N) is 1. The summed E-state index contributed by atoms with van der Waals surface area (Å²) >= 11 is 12.1. The van der Waals surface area contributed by atoms with E-state index in [1.807, 2.05) is 12.1 Å². The van der Waals surface area contributed by atoms with Gasteiger partial charge in [-0.3, -0.25) is 14.9 Å². The van der Waals surface area contributed by atoms with Crippen molar-refractivity contribution in [1.82, 2.24) is 14.6 Å². The molecule has 1 aliphatic rings. The summed E-state index contributed by atoms with van der Waals surface area (Å²) in [5.41, 5.74) is 3.15. The van der Waals surface area contributed by atoms with E-state index in [1.54, 1.807) is 31.5 Å². The first-order valence-electron chi connectivity index (χ1n) is 10.2. The number of hydrogen-bond donors (Lipinski definition) is 1. The lowest BCUT2D eigenvalue weighted by atomic mass is 9.89. The van der Waals surface area contributed by atoms with Crippen molar-refractivity contribution in [3.8, 4) is 0 Å². The molecule has 0 atom stereocenters. The minimum Gasteiger partial charge on any atom is -0.356 e. The zero-order valence-corrected chi connectivity index (χ0v) is 18.5. The normalized spacial score (nSPS) is 15.5. The number of hydrogen-bond acceptors (Lipinski definition) is 4. The Bertz CT molecular complexity index is 1350. The van der Waals surface area contributed by atoms with Crippen molar-refractivity contribution in [2.75, 3.05) is 25.0 Å². The summed E-state index contributed by atoms with van der Waals surface area (Å²) in [5, 5.41) is 5.03. The van der Waals surface area contributed by atoms with E-state index in [4.69, 9.17) is 28.2 Å². The third kappa shape index (κ3) is 3.60.